The van der Waals surface area contributed by atoms with Gasteiger partial charge in [-0.1, -0.05) is 18.2 Å². The normalized spacial score (nSPS) is 17.0. The van der Waals surface area contributed by atoms with E-state index < -0.39 is 5.97 Å². The molecule has 35 heavy (non-hydrogen) atoms. The molecule has 0 spiro atoms. The summed E-state index contributed by atoms with van der Waals surface area (Å²) in [5.74, 6) is 1.62. The van der Waals surface area contributed by atoms with Crippen LogP contribution >= 0.6 is 0 Å². The van der Waals surface area contributed by atoms with Gasteiger partial charge in [0.1, 0.15) is 34.9 Å². The van der Waals surface area contributed by atoms with Gasteiger partial charge in [-0.15, -0.1) is 0 Å². The molecule has 1 atom stereocenters. The zero-order chi connectivity index (χ0) is 24.5. The highest BCUT2D eigenvalue weighted by molar-refractivity contribution is 6.12. The first kappa shape index (κ1) is 22.3. The number of methoxy groups -OCH3 is 2. The second kappa shape index (κ2) is 9.02. The molecule has 0 fully saturated rings. The fourth-order valence-corrected chi connectivity index (χ4v) is 3.89. The van der Waals surface area contributed by atoms with E-state index in [2.05, 4.69) is 0 Å². The van der Waals surface area contributed by atoms with E-state index in [9.17, 15) is 9.59 Å². The highest BCUT2D eigenvalue weighted by Crippen LogP contribution is 2.37. The lowest BCUT2D eigenvalue weighted by Gasteiger charge is -2.22. The van der Waals surface area contributed by atoms with Gasteiger partial charge in [0.15, 0.2) is 5.76 Å². The molecule has 0 radical (unpaired) electrons. The smallest absolute Gasteiger partial charge is 0.343 e. The van der Waals surface area contributed by atoms with Crippen molar-refractivity contribution < 1.29 is 33.3 Å². The minimum absolute atomic E-state index is 0.182. The average molecular weight is 470 g/mol. The summed E-state index contributed by atoms with van der Waals surface area (Å²) in [6.45, 7) is 1.91. The Bertz CT molecular complexity index is 1380. The highest BCUT2D eigenvalue weighted by Gasteiger charge is 2.29. The van der Waals surface area contributed by atoms with Crippen LogP contribution in [0.1, 0.15) is 33.2 Å². The van der Waals surface area contributed by atoms with Gasteiger partial charge >= 0.3 is 5.97 Å². The van der Waals surface area contributed by atoms with Crippen LogP contribution in [-0.4, -0.2) is 32.1 Å². The summed E-state index contributed by atoms with van der Waals surface area (Å²) in [6, 6.07) is 17.1. The highest BCUT2D eigenvalue weighted by atomic mass is 16.5. The number of Topliss-reactive ketones (excluding diaryl/α,β-unsaturated/α-hetero) is 1. The van der Waals surface area contributed by atoms with E-state index in [1.807, 2.05) is 37.3 Å². The van der Waals surface area contributed by atoms with Gasteiger partial charge in [-0.25, -0.2) is 4.79 Å². The Morgan fingerprint density at radius 3 is 2.40 bits per heavy atom. The van der Waals surface area contributed by atoms with Gasteiger partial charge in [0.25, 0.3) is 0 Å². The van der Waals surface area contributed by atoms with Gasteiger partial charge in [0, 0.05) is 17.7 Å². The minimum atomic E-state index is -0.598. The molecule has 0 N–H and O–H groups in total. The molecule has 0 saturated carbocycles. The third-order valence-corrected chi connectivity index (χ3v) is 5.75. The van der Waals surface area contributed by atoms with E-state index in [1.54, 1.807) is 36.4 Å². The molecule has 0 amide bonds. The molecule has 3 aromatic rings. The summed E-state index contributed by atoms with van der Waals surface area (Å²) >= 11 is 0. The molecule has 0 unspecified atom stereocenters. The Balaban J connectivity index is 1.37. The number of esters is 1. The number of fused-ring (bicyclic) bond motifs is 2. The Kier molecular flexibility index (Phi) is 5.74. The van der Waals surface area contributed by atoms with Crippen LogP contribution in [-0.2, 0) is 0 Å². The summed E-state index contributed by atoms with van der Waals surface area (Å²) in [5.41, 5.74) is 2.41. The monoisotopic (exact) mass is 470 g/mol. The van der Waals surface area contributed by atoms with Gasteiger partial charge in [0.2, 0.25) is 5.78 Å². The van der Waals surface area contributed by atoms with Crippen LogP contribution in [0.5, 0.6) is 28.7 Å². The molecule has 0 bridgehead atoms. The Morgan fingerprint density at radius 1 is 0.914 bits per heavy atom. The van der Waals surface area contributed by atoms with E-state index in [4.69, 9.17) is 23.7 Å². The van der Waals surface area contributed by atoms with E-state index >= 15 is 0 Å². The van der Waals surface area contributed by atoms with E-state index in [1.165, 1.54) is 20.3 Å². The van der Waals surface area contributed by atoms with Crippen molar-refractivity contribution in [2.45, 2.75) is 13.0 Å². The van der Waals surface area contributed by atoms with Gasteiger partial charge in [0.05, 0.1) is 25.3 Å². The lowest BCUT2D eigenvalue weighted by atomic mass is 10.0. The van der Waals surface area contributed by atoms with Crippen LogP contribution in [0.4, 0.5) is 0 Å². The summed E-state index contributed by atoms with van der Waals surface area (Å²) < 4.78 is 27.7. The summed E-state index contributed by atoms with van der Waals surface area (Å²) in [6.07, 6.45) is 3.43. The molecule has 3 aromatic carbocycles. The molecular formula is C28H22O7. The van der Waals surface area contributed by atoms with Crippen molar-refractivity contribution in [1.29, 1.82) is 0 Å². The van der Waals surface area contributed by atoms with Crippen LogP contribution in [0.25, 0.3) is 6.08 Å². The second-order valence-electron chi connectivity index (χ2n) is 8.03. The van der Waals surface area contributed by atoms with Crippen molar-refractivity contribution in [2.24, 2.45) is 0 Å². The molecule has 7 nitrogen and oxygen atoms in total. The quantitative estimate of drug-likeness (QED) is 0.286. The number of para-hydroxylation sites is 1. The van der Waals surface area contributed by atoms with Crippen molar-refractivity contribution >= 4 is 17.8 Å². The number of hydrogen-bond donors (Lipinski definition) is 0. The molecule has 0 saturated heterocycles. The average Bonchev–Trinajstić information content (AvgIpc) is 3.18. The molecule has 2 aliphatic heterocycles. The van der Waals surface area contributed by atoms with E-state index in [0.717, 1.165) is 16.9 Å². The number of hydrogen-bond acceptors (Lipinski definition) is 7. The number of benzene rings is 3. The van der Waals surface area contributed by atoms with Gasteiger partial charge in [-0.05, 0) is 55.0 Å². The Labute approximate surface area is 202 Å². The lowest BCUT2D eigenvalue weighted by molar-refractivity contribution is 0.0733. The largest absolute Gasteiger partial charge is 0.497 e. The van der Waals surface area contributed by atoms with Gasteiger partial charge in [-0.2, -0.15) is 0 Å². The van der Waals surface area contributed by atoms with Crippen molar-refractivity contribution in [1.82, 2.24) is 0 Å². The number of carbonyl (C=O) groups excluding carboxylic acids is 2. The van der Waals surface area contributed by atoms with Crippen molar-refractivity contribution in [3.63, 3.8) is 0 Å². The van der Waals surface area contributed by atoms with Gasteiger partial charge < -0.3 is 23.7 Å². The number of rotatable bonds is 5. The predicted molar refractivity (Wildman–Crippen MR) is 128 cm³/mol. The van der Waals surface area contributed by atoms with Gasteiger partial charge in [-0.3, -0.25) is 4.79 Å². The topological polar surface area (TPSA) is 80.3 Å². The lowest BCUT2D eigenvalue weighted by Crippen LogP contribution is -2.18. The maximum atomic E-state index is 12.9. The number of allylic oxidation sites excluding steroid dienone is 1. The first-order chi connectivity index (χ1) is 16.9. The third-order valence-electron chi connectivity index (χ3n) is 5.75. The molecule has 2 heterocycles. The molecule has 2 aliphatic rings. The Morgan fingerprint density at radius 2 is 1.66 bits per heavy atom. The molecule has 176 valence electrons. The number of ether oxygens (including phenoxy) is 5. The summed E-state index contributed by atoms with van der Waals surface area (Å²) in [7, 11) is 3.00. The Hall–Kier alpha value is -4.52. The van der Waals surface area contributed by atoms with Crippen molar-refractivity contribution in [2.75, 3.05) is 14.2 Å². The zero-order valence-electron chi connectivity index (χ0n) is 19.4. The summed E-state index contributed by atoms with van der Waals surface area (Å²) in [4.78, 5) is 25.6. The first-order valence-corrected chi connectivity index (χ1v) is 11.0. The molecular weight excluding hydrogens is 448 g/mol. The van der Waals surface area contributed by atoms with Crippen LogP contribution in [0.3, 0.4) is 0 Å². The predicted octanol–water partition coefficient (Wildman–Crippen LogP) is 5.25. The van der Waals surface area contributed by atoms with Crippen molar-refractivity contribution in [3.05, 3.63) is 94.8 Å². The summed E-state index contributed by atoms with van der Waals surface area (Å²) in [5, 5.41) is 0. The molecule has 0 aliphatic carbocycles. The second-order valence-corrected chi connectivity index (χ2v) is 8.03. The van der Waals surface area contributed by atoms with Crippen LogP contribution < -0.4 is 23.7 Å². The minimum Gasteiger partial charge on any atom is -0.497 e. The van der Waals surface area contributed by atoms with Crippen LogP contribution in [0.2, 0.25) is 0 Å². The standard InChI is InChI=1S/C28H22O7/c1-16-18(10-17-6-4-5-7-24(17)33-16)13-26-27(29)23-9-8-20(15-25(23)35-26)34-28(30)19-11-21(31-2)14-22(12-19)32-3/h4-16H,1-3H3/b26-13-/t16-/m0/s1. The SMILES string of the molecule is COc1cc(OC)cc(C(=O)Oc2ccc3c(c2)O/C(=C\C2=Cc4ccccc4O[C@H]2C)C3=O)c1. The zero-order valence-corrected chi connectivity index (χ0v) is 19.4. The van der Waals surface area contributed by atoms with Crippen molar-refractivity contribution in [3.8, 4) is 28.7 Å². The van der Waals surface area contributed by atoms with Crippen LogP contribution in [0, 0.1) is 0 Å². The third kappa shape index (κ3) is 4.36. The molecule has 7 heteroatoms. The molecule has 5 rings (SSSR count). The maximum Gasteiger partial charge on any atom is 0.343 e. The number of carbonyl (C=O) groups is 2. The first-order valence-electron chi connectivity index (χ1n) is 11.0. The fourth-order valence-electron chi connectivity index (χ4n) is 3.89. The van der Waals surface area contributed by atoms with E-state index in [0.29, 0.717) is 22.8 Å². The fraction of sp³-hybridized carbons (Fsp3) is 0.143. The van der Waals surface area contributed by atoms with Crippen LogP contribution in [0.15, 0.2) is 78.1 Å². The maximum absolute atomic E-state index is 12.9. The van der Waals surface area contributed by atoms with E-state index in [-0.39, 0.29) is 29.0 Å². The molecule has 0 aromatic heterocycles. The number of ketones is 1.